The summed E-state index contributed by atoms with van der Waals surface area (Å²) < 4.78 is 0. The predicted octanol–water partition coefficient (Wildman–Crippen LogP) is 3.85. The molecule has 1 amide bonds. The van der Waals surface area contributed by atoms with E-state index in [1.165, 1.54) is 31.5 Å². The van der Waals surface area contributed by atoms with Gasteiger partial charge in [-0.3, -0.25) is 9.78 Å². The third-order valence-corrected chi connectivity index (χ3v) is 5.24. The second kappa shape index (κ2) is 8.26. The maximum Gasteiger partial charge on any atom is 0.255 e. The van der Waals surface area contributed by atoms with E-state index in [4.69, 9.17) is 0 Å². The van der Waals surface area contributed by atoms with Crippen molar-refractivity contribution in [2.45, 2.75) is 26.2 Å². The van der Waals surface area contributed by atoms with Crippen LogP contribution in [0, 0.1) is 11.8 Å². The number of carbonyl (C=O) groups excluding carboxylic acids is 1. The lowest BCUT2D eigenvalue weighted by molar-refractivity contribution is 0.102. The number of aryl methyl sites for hydroxylation is 1. The topological polar surface area (TPSA) is 45.2 Å². The lowest BCUT2D eigenvalue weighted by Crippen LogP contribution is -2.36. The summed E-state index contributed by atoms with van der Waals surface area (Å²) in [6.45, 7) is 4.80. The molecule has 0 bridgehead atoms. The average molecular weight is 337 g/mol. The average Bonchev–Trinajstić information content (AvgIpc) is 2.63. The maximum atomic E-state index is 12.2. The summed E-state index contributed by atoms with van der Waals surface area (Å²) in [7, 11) is 2.21. The zero-order chi connectivity index (χ0) is 17.6. The fraction of sp³-hybridized carbons (Fsp3) is 0.429. The minimum Gasteiger partial charge on any atom is -0.322 e. The fourth-order valence-electron chi connectivity index (χ4n) is 3.64. The van der Waals surface area contributed by atoms with Gasteiger partial charge in [-0.1, -0.05) is 19.1 Å². The zero-order valence-corrected chi connectivity index (χ0v) is 15.1. The molecule has 1 aromatic heterocycles. The second-order valence-electron chi connectivity index (χ2n) is 7.21. The number of piperidine rings is 1. The van der Waals surface area contributed by atoms with Crippen LogP contribution in [0.4, 0.5) is 5.69 Å². The van der Waals surface area contributed by atoms with Crippen molar-refractivity contribution < 1.29 is 4.79 Å². The monoisotopic (exact) mass is 337 g/mol. The van der Waals surface area contributed by atoms with E-state index in [0.29, 0.717) is 5.56 Å². The highest BCUT2D eigenvalue weighted by Crippen LogP contribution is 2.27. The van der Waals surface area contributed by atoms with E-state index >= 15 is 0 Å². The Morgan fingerprint density at radius 3 is 2.60 bits per heavy atom. The van der Waals surface area contributed by atoms with E-state index in [0.717, 1.165) is 23.9 Å². The van der Waals surface area contributed by atoms with Crippen molar-refractivity contribution in [2.75, 3.05) is 25.5 Å². The number of hydrogen-bond donors (Lipinski definition) is 1. The van der Waals surface area contributed by atoms with E-state index in [-0.39, 0.29) is 5.91 Å². The first kappa shape index (κ1) is 17.6. The number of pyridine rings is 1. The van der Waals surface area contributed by atoms with E-state index in [1.54, 1.807) is 24.5 Å². The van der Waals surface area contributed by atoms with Crippen molar-refractivity contribution in [3.63, 3.8) is 0 Å². The molecule has 2 unspecified atom stereocenters. The number of nitrogens with zero attached hydrogens (tertiary/aromatic N) is 2. The molecule has 1 aromatic carbocycles. The summed E-state index contributed by atoms with van der Waals surface area (Å²) >= 11 is 0. The first-order valence-electron chi connectivity index (χ1n) is 9.10. The molecule has 1 aliphatic rings. The Balaban J connectivity index is 1.51. The molecule has 2 aromatic rings. The lowest BCUT2D eigenvalue weighted by atomic mass is 9.83. The van der Waals surface area contributed by atoms with Gasteiger partial charge < -0.3 is 10.2 Å². The summed E-state index contributed by atoms with van der Waals surface area (Å²) in [5, 5.41) is 2.93. The van der Waals surface area contributed by atoms with Crippen LogP contribution in [0.5, 0.6) is 0 Å². The summed E-state index contributed by atoms with van der Waals surface area (Å²) in [5.74, 6) is 1.50. The van der Waals surface area contributed by atoms with E-state index in [9.17, 15) is 4.79 Å². The Morgan fingerprint density at radius 1 is 1.20 bits per heavy atom. The number of carbonyl (C=O) groups is 1. The lowest BCUT2D eigenvalue weighted by Gasteiger charge is -2.34. The summed E-state index contributed by atoms with van der Waals surface area (Å²) in [4.78, 5) is 18.5. The molecule has 2 atom stereocenters. The van der Waals surface area contributed by atoms with Crippen LogP contribution in [0.25, 0.3) is 0 Å². The van der Waals surface area contributed by atoms with Gasteiger partial charge >= 0.3 is 0 Å². The molecule has 0 aliphatic carbocycles. The minimum absolute atomic E-state index is 0.102. The zero-order valence-electron chi connectivity index (χ0n) is 15.1. The maximum absolute atomic E-state index is 12.2. The highest BCUT2D eigenvalue weighted by atomic mass is 16.1. The summed E-state index contributed by atoms with van der Waals surface area (Å²) in [5.41, 5.74) is 2.79. The van der Waals surface area contributed by atoms with Crippen molar-refractivity contribution in [3.05, 3.63) is 59.9 Å². The largest absolute Gasteiger partial charge is 0.322 e. The van der Waals surface area contributed by atoms with Crippen LogP contribution in [-0.2, 0) is 6.42 Å². The third-order valence-electron chi connectivity index (χ3n) is 5.24. The van der Waals surface area contributed by atoms with Crippen LogP contribution in [0.15, 0.2) is 48.8 Å². The molecule has 1 aliphatic heterocycles. The number of aromatic nitrogens is 1. The quantitative estimate of drug-likeness (QED) is 0.901. The van der Waals surface area contributed by atoms with E-state index in [2.05, 4.69) is 41.3 Å². The Bertz CT molecular complexity index is 684. The molecule has 0 radical (unpaired) electrons. The van der Waals surface area contributed by atoms with Gasteiger partial charge in [-0.05, 0) is 74.5 Å². The van der Waals surface area contributed by atoms with Crippen molar-refractivity contribution >= 4 is 11.6 Å². The van der Waals surface area contributed by atoms with E-state index in [1.807, 2.05) is 12.1 Å². The molecule has 4 heteroatoms. The normalized spacial score (nSPS) is 21.0. The van der Waals surface area contributed by atoms with Crippen LogP contribution in [0.2, 0.25) is 0 Å². The number of hydrogen-bond acceptors (Lipinski definition) is 3. The number of anilines is 1. The van der Waals surface area contributed by atoms with Crippen LogP contribution >= 0.6 is 0 Å². The molecule has 0 spiro atoms. The molecule has 2 heterocycles. The van der Waals surface area contributed by atoms with Crippen LogP contribution < -0.4 is 5.32 Å². The molecule has 132 valence electrons. The van der Waals surface area contributed by atoms with Crippen LogP contribution in [0.3, 0.4) is 0 Å². The van der Waals surface area contributed by atoms with Gasteiger partial charge in [0.2, 0.25) is 0 Å². The SMILES string of the molecule is CC1CN(C)CCC1CCc1ccc(NC(=O)c2ccncc2)cc1. The molecule has 1 N–H and O–H groups in total. The van der Waals surface area contributed by atoms with E-state index < -0.39 is 0 Å². The molecular formula is C21H27N3O. The number of rotatable bonds is 5. The Morgan fingerprint density at radius 2 is 1.92 bits per heavy atom. The fourth-order valence-corrected chi connectivity index (χ4v) is 3.64. The summed E-state index contributed by atoms with van der Waals surface area (Å²) in [6, 6.07) is 11.7. The smallest absolute Gasteiger partial charge is 0.255 e. The van der Waals surface area contributed by atoms with Crippen molar-refractivity contribution in [2.24, 2.45) is 11.8 Å². The number of benzene rings is 1. The molecular weight excluding hydrogens is 310 g/mol. The van der Waals surface area contributed by atoms with Gasteiger partial charge in [0.15, 0.2) is 0 Å². The highest BCUT2D eigenvalue weighted by molar-refractivity contribution is 6.04. The highest BCUT2D eigenvalue weighted by Gasteiger charge is 2.23. The van der Waals surface area contributed by atoms with Gasteiger partial charge in [-0.25, -0.2) is 0 Å². The standard InChI is InChI=1S/C21H27N3O/c1-16-15-24(2)14-11-18(16)6-3-17-4-7-20(8-5-17)23-21(25)19-9-12-22-13-10-19/h4-5,7-10,12-13,16,18H,3,6,11,14-15H2,1-2H3,(H,23,25). The first-order chi connectivity index (χ1) is 12.1. The second-order valence-corrected chi connectivity index (χ2v) is 7.21. The van der Waals surface area contributed by atoms with Gasteiger partial charge in [-0.2, -0.15) is 0 Å². The Hall–Kier alpha value is -2.20. The molecule has 25 heavy (non-hydrogen) atoms. The van der Waals surface area contributed by atoms with Crippen LogP contribution in [-0.4, -0.2) is 35.9 Å². The van der Waals surface area contributed by atoms with Gasteiger partial charge in [0.25, 0.3) is 5.91 Å². The van der Waals surface area contributed by atoms with Gasteiger partial charge in [0, 0.05) is 30.2 Å². The number of nitrogens with one attached hydrogen (secondary N) is 1. The van der Waals surface area contributed by atoms with Gasteiger partial charge in [-0.15, -0.1) is 0 Å². The van der Waals surface area contributed by atoms with Crippen molar-refractivity contribution in [1.82, 2.24) is 9.88 Å². The van der Waals surface area contributed by atoms with Crippen molar-refractivity contribution in [3.8, 4) is 0 Å². The molecule has 4 nitrogen and oxygen atoms in total. The molecule has 3 rings (SSSR count). The van der Waals surface area contributed by atoms with Crippen LogP contribution in [0.1, 0.15) is 35.7 Å². The van der Waals surface area contributed by atoms with Gasteiger partial charge in [0.05, 0.1) is 0 Å². The Labute approximate surface area is 150 Å². The minimum atomic E-state index is -0.102. The number of amides is 1. The first-order valence-corrected chi connectivity index (χ1v) is 9.10. The molecule has 1 saturated heterocycles. The van der Waals surface area contributed by atoms with Crippen molar-refractivity contribution in [1.29, 1.82) is 0 Å². The predicted molar refractivity (Wildman–Crippen MR) is 102 cm³/mol. The Kier molecular flexibility index (Phi) is 5.82. The molecule has 1 fully saturated rings. The number of likely N-dealkylation sites (tertiary alicyclic amines) is 1. The third kappa shape index (κ3) is 4.89. The molecule has 0 saturated carbocycles. The van der Waals surface area contributed by atoms with Gasteiger partial charge in [0.1, 0.15) is 0 Å². The summed E-state index contributed by atoms with van der Waals surface area (Å²) in [6.07, 6.45) is 6.91.